The van der Waals surface area contributed by atoms with Crippen LogP contribution in [-0.4, -0.2) is 53.3 Å². The van der Waals surface area contributed by atoms with Crippen molar-refractivity contribution in [2.75, 3.05) is 14.1 Å². The first-order chi connectivity index (χ1) is 15.8. The number of amides is 1. The Kier molecular flexibility index (Phi) is 10.8. The third-order valence-electron chi connectivity index (χ3n) is 10.9. The molecule has 0 spiro atoms. The van der Waals surface area contributed by atoms with E-state index in [1.165, 1.54) is 31.1 Å². The fourth-order valence-electron chi connectivity index (χ4n) is 8.71. The zero-order chi connectivity index (χ0) is 25.4. The second-order valence-electron chi connectivity index (χ2n) is 12.7. The van der Waals surface area contributed by atoms with Gasteiger partial charge in [0.05, 0.1) is 12.2 Å². The zero-order valence-corrected chi connectivity index (χ0v) is 25.3. The summed E-state index contributed by atoms with van der Waals surface area (Å²) >= 11 is 0. The molecule has 0 radical (unpaired) electrons. The number of carbonyl (C=O) groups excluding carboxylic acids is 2. The molecule has 35 heavy (non-hydrogen) atoms. The van der Waals surface area contributed by atoms with E-state index >= 15 is 0 Å². The van der Waals surface area contributed by atoms with Gasteiger partial charge >= 0.3 is 29.6 Å². The van der Waals surface area contributed by atoms with Gasteiger partial charge in [-0.2, -0.15) is 0 Å². The molecule has 4 fully saturated rings. The SMILES string of the molecule is CC(=O)N(C)C.C[C@H](CCC(=O)[O-])[C@H]1CCC2C3CC[C@@H]4C[C@H](O)CC[C@]4(C)C3C[C@H](O)[C@@]21C.[Na+]. The van der Waals surface area contributed by atoms with Crippen LogP contribution >= 0.6 is 0 Å². The minimum Gasteiger partial charge on any atom is -0.550 e. The quantitative estimate of drug-likeness (QED) is 0.538. The molecule has 0 aromatic rings. The van der Waals surface area contributed by atoms with Gasteiger partial charge < -0.3 is 25.0 Å². The van der Waals surface area contributed by atoms with Crippen LogP contribution in [0.3, 0.4) is 0 Å². The van der Waals surface area contributed by atoms with E-state index in [2.05, 4.69) is 20.8 Å². The minimum atomic E-state index is -0.957. The van der Waals surface area contributed by atoms with Crippen LogP contribution in [0.1, 0.15) is 91.9 Å². The first-order valence-corrected chi connectivity index (χ1v) is 13.6. The molecular formula is C28H48NNaO5. The predicted octanol–water partition coefficient (Wildman–Crippen LogP) is 0.242. The molecule has 3 unspecified atom stereocenters. The van der Waals surface area contributed by atoms with Gasteiger partial charge in [0, 0.05) is 27.0 Å². The first kappa shape index (κ1) is 31.1. The maximum atomic E-state index is 11.5. The molecule has 4 rings (SSSR count). The van der Waals surface area contributed by atoms with Gasteiger partial charge in [-0.25, -0.2) is 0 Å². The summed E-state index contributed by atoms with van der Waals surface area (Å²) in [5.74, 6) is 2.28. The molecule has 6 nitrogen and oxygen atoms in total. The Morgan fingerprint density at radius 3 is 2.23 bits per heavy atom. The van der Waals surface area contributed by atoms with Crippen molar-refractivity contribution < 1.29 is 54.5 Å². The van der Waals surface area contributed by atoms with Crippen molar-refractivity contribution in [3.8, 4) is 0 Å². The largest absolute Gasteiger partial charge is 1.00 e. The summed E-state index contributed by atoms with van der Waals surface area (Å²) in [6, 6.07) is 0. The molecule has 196 valence electrons. The summed E-state index contributed by atoms with van der Waals surface area (Å²) in [5, 5.41) is 32.6. The molecule has 0 saturated heterocycles. The zero-order valence-electron chi connectivity index (χ0n) is 23.3. The predicted molar refractivity (Wildman–Crippen MR) is 130 cm³/mol. The third kappa shape index (κ3) is 6.13. The molecule has 2 N–H and O–H groups in total. The van der Waals surface area contributed by atoms with Crippen LogP contribution in [0, 0.1) is 46.3 Å². The average Bonchev–Trinajstić information content (AvgIpc) is 3.12. The van der Waals surface area contributed by atoms with Crippen LogP contribution in [-0.2, 0) is 9.59 Å². The molecule has 0 heterocycles. The van der Waals surface area contributed by atoms with Gasteiger partial charge in [0.15, 0.2) is 0 Å². The van der Waals surface area contributed by atoms with Crippen molar-refractivity contribution >= 4 is 11.9 Å². The smallest absolute Gasteiger partial charge is 0.550 e. The van der Waals surface area contributed by atoms with E-state index < -0.39 is 5.97 Å². The van der Waals surface area contributed by atoms with Gasteiger partial charge in [-0.05, 0) is 111 Å². The Labute approximate surface area is 234 Å². The van der Waals surface area contributed by atoms with Gasteiger partial charge in [0.1, 0.15) is 0 Å². The second kappa shape index (κ2) is 12.1. The van der Waals surface area contributed by atoms with Gasteiger partial charge in [-0.1, -0.05) is 20.8 Å². The molecule has 4 saturated carbocycles. The van der Waals surface area contributed by atoms with Crippen LogP contribution in [0.4, 0.5) is 0 Å². The number of aliphatic carboxylic acids is 1. The number of nitrogens with zero attached hydrogens (tertiary/aromatic N) is 1. The number of carboxylic acids is 1. The van der Waals surface area contributed by atoms with E-state index in [0.717, 1.165) is 32.1 Å². The minimum absolute atomic E-state index is 0. The van der Waals surface area contributed by atoms with E-state index in [1.54, 1.807) is 14.1 Å². The average molecular weight is 502 g/mol. The monoisotopic (exact) mass is 501 g/mol. The summed E-state index contributed by atoms with van der Waals surface area (Å²) in [7, 11) is 3.45. The molecule has 0 bridgehead atoms. The standard InChI is InChI=1S/C24H40O4.C4H9NO.Na/c1-14(4-9-22(27)28)18-7-8-19-17-6-5-15-12-16(25)10-11-23(15,2)20(17)13-21(26)24(18,19)3;1-4(6)5(2)3;/h14-21,25-26H,4-13H2,1-3H3,(H,27,28);1-3H3;/q;;+1/p-1/t14-,15-,16-,17?,18-,19?,20?,21+,23+,24-;;/m1../s1. The Bertz CT molecular complexity index is 747. The molecule has 4 aliphatic rings. The van der Waals surface area contributed by atoms with E-state index in [9.17, 15) is 24.9 Å². The summed E-state index contributed by atoms with van der Waals surface area (Å²) in [6.45, 7) is 8.47. The van der Waals surface area contributed by atoms with Crippen molar-refractivity contribution in [1.29, 1.82) is 0 Å². The molecular weight excluding hydrogens is 453 g/mol. The Balaban J connectivity index is 0.000000552. The summed E-state index contributed by atoms with van der Waals surface area (Å²) in [5.41, 5.74) is 0.188. The molecule has 0 aromatic heterocycles. The van der Waals surface area contributed by atoms with Crippen molar-refractivity contribution in [3.63, 3.8) is 0 Å². The molecule has 10 atom stereocenters. The maximum Gasteiger partial charge on any atom is 1.00 e. The van der Waals surface area contributed by atoms with E-state index in [4.69, 9.17) is 0 Å². The number of hydrogen-bond acceptors (Lipinski definition) is 5. The number of carboxylic acid groups (broad SMARTS) is 1. The maximum absolute atomic E-state index is 11.5. The fraction of sp³-hybridized carbons (Fsp3) is 0.929. The van der Waals surface area contributed by atoms with Gasteiger partial charge in [-0.15, -0.1) is 0 Å². The Morgan fingerprint density at radius 2 is 1.66 bits per heavy atom. The second-order valence-corrected chi connectivity index (χ2v) is 12.7. The molecule has 7 heteroatoms. The van der Waals surface area contributed by atoms with Crippen LogP contribution in [0.5, 0.6) is 0 Å². The van der Waals surface area contributed by atoms with Crippen LogP contribution in [0.15, 0.2) is 0 Å². The van der Waals surface area contributed by atoms with Crippen molar-refractivity contribution in [2.24, 2.45) is 46.3 Å². The van der Waals surface area contributed by atoms with Gasteiger partial charge in [0.25, 0.3) is 0 Å². The number of hydrogen-bond donors (Lipinski definition) is 2. The Hall–Kier alpha value is -0.140. The number of carbonyl (C=O) groups is 2. The normalized spacial score (nSPS) is 42.7. The van der Waals surface area contributed by atoms with Crippen LogP contribution < -0.4 is 34.7 Å². The number of aliphatic hydroxyl groups is 2. The molecule has 4 aliphatic carbocycles. The topological polar surface area (TPSA) is 101 Å². The van der Waals surface area contributed by atoms with Gasteiger partial charge in [-0.3, -0.25) is 4.79 Å². The Morgan fingerprint density at radius 1 is 1.03 bits per heavy atom. The number of fused-ring (bicyclic) bond motifs is 5. The molecule has 1 amide bonds. The number of aliphatic hydroxyl groups excluding tert-OH is 2. The molecule has 0 aromatic carbocycles. The summed E-state index contributed by atoms with van der Waals surface area (Å²) in [4.78, 5) is 22.5. The van der Waals surface area contributed by atoms with Gasteiger partial charge in [0.2, 0.25) is 5.91 Å². The summed E-state index contributed by atoms with van der Waals surface area (Å²) < 4.78 is 0. The van der Waals surface area contributed by atoms with Crippen LogP contribution in [0.25, 0.3) is 0 Å². The van der Waals surface area contributed by atoms with Crippen molar-refractivity contribution in [2.45, 2.75) is 104 Å². The molecule has 0 aliphatic heterocycles. The van der Waals surface area contributed by atoms with Crippen molar-refractivity contribution in [1.82, 2.24) is 4.90 Å². The van der Waals surface area contributed by atoms with E-state index in [0.29, 0.717) is 41.9 Å². The van der Waals surface area contributed by atoms with E-state index in [-0.39, 0.29) is 64.9 Å². The third-order valence-corrected chi connectivity index (χ3v) is 10.9. The van der Waals surface area contributed by atoms with Crippen LogP contribution in [0.2, 0.25) is 0 Å². The van der Waals surface area contributed by atoms with Crippen molar-refractivity contribution in [3.05, 3.63) is 0 Å². The first-order valence-electron chi connectivity index (χ1n) is 13.6. The summed E-state index contributed by atoms with van der Waals surface area (Å²) in [6.07, 6.45) is 8.98. The number of rotatable bonds is 4. The fourth-order valence-corrected chi connectivity index (χ4v) is 8.71. The van der Waals surface area contributed by atoms with E-state index in [1.807, 2.05) is 0 Å².